The molecule has 0 aliphatic carbocycles. The fraction of sp³-hybridized carbons (Fsp3) is 0. The van der Waals surface area contributed by atoms with E-state index in [1.807, 2.05) is 48.8 Å². The van der Waals surface area contributed by atoms with Gasteiger partial charge in [0, 0.05) is 34.2 Å². The first-order chi connectivity index (χ1) is 9.75. The van der Waals surface area contributed by atoms with E-state index in [4.69, 9.17) is 0 Å². The first kappa shape index (κ1) is 12.2. The van der Waals surface area contributed by atoms with Crippen LogP contribution in [0.15, 0.2) is 60.9 Å². The van der Waals surface area contributed by atoms with Crippen LogP contribution in [0.3, 0.4) is 0 Å². The monoisotopic (exact) mass is 266 g/mol. The second-order valence-electron chi connectivity index (χ2n) is 4.43. The molecule has 0 fully saturated rings. The third-order valence-electron chi connectivity index (χ3n) is 3.14. The highest BCUT2D eigenvalue weighted by Crippen LogP contribution is 2.22. The Morgan fingerprint density at radius 3 is 1.45 bits per heavy atom. The standard InChI is InChI=1S/2C8H7NO/c2*10-8-3-1-2-7-6(8)4-5-9-7/h2*1-5,9-10H. The third kappa shape index (κ3) is 2.19. The topological polar surface area (TPSA) is 72.0 Å². The van der Waals surface area contributed by atoms with Gasteiger partial charge in [-0.1, -0.05) is 12.1 Å². The number of hydrogen-bond acceptors (Lipinski definition) is 2. The molecule has 4 aromatic rings. The van der Waals surface area contributed by atoms with Crippen molar-refractivity contribution in [2.24, 2.45) is 0 Å². The quantitative estimate of drug-likeness (QED) is 0.391. The Hall–Kier alpha value is -2.88. The number of phenols is 2. The summed E-state index contributed by atoms with van der Waals surface area (Å²) in [6.07, 6.45) is 3.62. The van der Waals surface area contributed by atoms with E-state index in [9.17, 15) is 10.2 Å². The smallest absolute Gasteiger partial charge is 0.124 e. The first-order valence-corrected chi connectivity index (χ1v) is 6.26. The van der Waals surface area contributed by atoms with Crippen LogP contribution in [0.5, 0.6) is 11.5 Å². The molecule has 0 bridgehead atoms. The van der Waals surface area contributed by atoms with E-state index in [0.29, 0.717) is 11.5 Å². The van der Waals surface area contributed by atoms with Crippen LogP contribution in [-0.2, 0) is 0 Å². The molecule has 0 saturated heterocycles. The Morgan fingerprint density at radius 1 is 0.600 bits per heavy atom. The SMILES string of the molecule is Oc1cccc2[nH]ccc12.Oc1cccc2[nH]ccc12. The van der Waals surface area contributed by atoms with Crippen LogP contribution in [0.4, 0.5) is 0 Å². The molecule has 0 spiro atoms. The summed E-state index contributed by atoms with van der Waals surface area (Å²) in [4.78, 5) is 6.00. The molecule has 0 amide bonds. The molecule has 2 aromatic carbocycles. The van der Waals surface area contributed by atoms with Crippen molar-refractivity contribution >= 4 is 21.8 Å². The zero-order valence-corrected chi connectivity index (χ0v) is 10.7. The number of aromatic amines is 2. The van der Waals surface area contributed by atoms with E-state index >= 15 is 0 Å². The zero-order valence-electron chi connectivity index (χ0n) is 10.7. The predicted octanol–water partition coefficient (Wildman–Crippen LogP) is 3.75. The van der Waals surface area contributed by atoms with Gasteiger partial charge in [-0.15, -0.1) is 0 Å². The van der Waals surface area contributed by atoms with Gasteiger partial charge < -0.3 is 20.2 Å². The van der Waals surface area contributed by atoms with Crippen LogP contribution in [0.2, 0.25) is 0 Å². The number of rotatable bonds is 0. The number of benzene rings is 2. The first-order valence-electron chi connectivity index (χ1n) is 6.26. The summed E-state index contributed by atoms with van der Waals surface area (Å²) in [7, 11) is 0. The molecule has 4 N–H and O–H groups in total. The molecule has 0 aliphatic heterocycles. The molecule has 0 unspecified atom stereocenters. The van der Waals surface area contributed by atoms with E-state index in [2.05, 4.69) is 9.97 Å². The van der Waals surface area contributed by atoms with Crippen molar-refractivity contribution in [1.82, 2.24) is 9.97 Å². The van der Waals surface area contributed by atoms with Crippen LogP contribution < -0.4 is 0 Å². The lowest BCUT2D eigenvalue weighted by molar-refractivity contribution is 0.481. The van der Waals surface area contributed by atoms with Gasteiger partial charge in [-0.2, -0.15) is 0 Å². The summed E-state index contributed by atoms with van der Waals surface area (Å²) >= 11 is 0. The highest BCUT2D eigenvalue weighted by Gasteiger charge is 1.97. The molecule has 2 heterocycles. The maximum absolute atomic E-state index is 9.24. The highest BCUT2D eigenvalue weighted by atomic mass is 16.3. The molecule has 0 atom stereocenters. The van der Waals surface area contributed by atoms with Crippen molar-refractivity contribution in [1.29, 1.82) is 0 Å². The lowest BCUT2D eigenvalue weighted by atomic mass is 10.2. The van der Waals surface area contributed by atoms with E-state index in [0.717, 1.165) is 21.8 Å². The van der Waals surface area contributed by atoms with Gasteiger partial charge in [0.1, 0.15) is 11.5 Å². The minimum atomic E-state index is 0.332. The van der Waals surface area contributed by atoms with Crippen molar-refractivity contribution in [2.45, 2.75) is 0 Å². The second-order valence-corrected chi connectivity index (χ2v) is 4.43. The van der Waals surface area contributed by atoms with E-state index < -0.39 is 0 Å². The fourth-order valence-corrected chi connectivity index (χ4v) is 2.14. The number of nitrogens with one attached hydrogen (secondary N) is 2. The molecule has 0 aliphatic rings. The Morgan fingerprint density at radius 2 is 1.05 bits per heavy atom. The zero-order chi connectivity index (χ0) is 13.9. The van der Waals surface area contributed by atoms with Crippen LogP contribution >= 0.6 is 0 Å². The molecule has 4 nitrogen and oxygen atoms in total. The van der Waals surface area contributed by atoms with Gasteiger partial charge in [0.15, 0.2) is 0 Å². The molecule has 100 valence electrons. The van der Waals surface area contributed by atoms with E-state index in [-0.39, 0.29) is 0 Å². The summed E-state index contributed by atoms with van der Waals surface area (Å²) in [6.45, 7) is 0. The number of aromatic nitrogens is 2. The number of aromatic hydroxyl groups is 2. The Balaban J connectivity index is 0.000000121. The lowest BCUT2D eigenvalue weighted by Crippen LogP contribution is -1.66. The summed E-state index contributed by atoms with van der Waals surface area (Å²) in [5.74, 6) is 0.664. The van der Waals surface area contributed by atoms with Crippen molar-refractivity contribution in [2.75, 3.05) is 0 Å². The van der Waals surface area contributed by atoms with E-state index in [1.54, 1.807) is 12.1 Å². The molecular weight excluding hydrogens is 252 g/mol. The van der Waals surface area contributed by atoms with Crippen molar-refractivity contribution in [3.05, 3.63) is 60.9 Å². The van der Waals surface area contributed by atoms with Crippen molar-refractivity contribution in [3.8, 4) is 11.5 Å². The third-order valence-corrected chi connectivity index (χ3v) is 3.14. The van der Waals surface area contributed by atoms with Crippen LogP contribution in [0.1, 0.15) is 0 Å². The Kier molecular flexibility index (Phi) is 3.05. The molecule has 0 radical (unpaired) electrons. The Bertz CT molecular complexity index is 774. The fourth-order valence-electron chi connectivity index (χ4n) is 2.14. The number of phenolic OH excluding ortho intramolecular Hbond substituents is 2. The molecule has 4 rings (SSSR count). The minimum Gasteiger partial charge on any atom is -0.507 e. The number of fused-ring (bicyclic) bond motifs is 2. The summed E-state index contributed by atoms with van der Waals surface area (Å²) in [5, 5.41) is 20.2. The minimum absolute atomic E-state index is 0.332. The largest absolute Gasteiger partial charge is 0.507 e. The molecular formula is C16H14N2O2. The van der Waals surface area contributed by atoms with Gasteiger partial charge >= 0.3 is 0 Å². The van der Waals surface area contributed by atoms with Crippen LogP contribution in [0, 0.1) is 0 Å². The molecule has 0 saturated carbocycles. The molecule has 4 heteroatoms. The summed E-state index contributed by atoms with van der Waals surface area (Å²) in [5.41, 5.74) is 1.94. The van der Waals surface area contributed by atoms with Gasteiger partial charge in [0.25, 0.3) is 0 Å². The number of H-pyrrole nitrogens is 2. The summed E-state index contributed by atoms with van der Waals surface area (Å²) in [6, 6.07) is 14.5. The second kappa shape index (κ2) is 5.01. The van der Waals surface area contributed by atoms with Gasteiger partial charge in [-0.3, -0.25) is 0 Å². The maximum Gasteiger partial charge on any atom is 0.124 e. The van der Waals surface area contributed by atoms with Gasteiger partial charge in [-0.25, -0.2) is 0 Å². The average Bonchev–Trinajstić information content (AvgIpc) is 3.08. The van der Waals surface area contributed by atoms with E-state index in [1.165, 1.54) is 0 Å². The van der Waals surface area contributed by atoms with Gasteiger partial charge in [-0.05, 0) is 36.4 Å². The lowest BCUT2D eigenvalue weighted by Gasteiger charge is -1.91. The van der Waals surface area contributed by atoms with Gasteiger partial charge in [0.05, 0.1) is 0 Å². The normalized spacial score (nSPS) is 10.4. The van der Waals surface area contributed by atoms with Crippen LogP contribution in [0.25, 0.3) is 21.8 Å². The Labute approximate surface area is 115 Å². The average molecular weight is 266 g/mol. The van der Waals surface area contributed by atoms with Crippen LogP contribution in [-0.4, -0.2) is 20.2 Å². The predicted molar refractivity (Wildman–Crippen MR) is 79.9 cm³/mol. The summed E-state index contributed by atoms with van der Waals surface area (Å²) < 4.78 is 0. The number of hydrogen-bond donors (Lipinski definition) is 4. The van der Waals surface area contributed by atoms with Gasteiger partial charge in [0.2, 0.25) is 0 Å². The van der Waals surface area contributed by atoms with Crippen molar-refractivity contribution < 1.29 is 10.2 Å². The highest BCUT2D eigenvalue weighted by molar-refractivity contribution is 5.85. The molecule has 2 aromatic heterocycles. The molecule has 20 heavy (non-hydrogen) atoms. The van der Waals surface area contributed by atoms with Crippen molar-refractivity contribution in [3.63, 3.8) is 0 Å². The maximum atomic E-state index is 9.24.